The molecule has 0 aromatic heterocycles. The van der Waals surface area contributed by atoms with Crippen molar-refractivity contribution in [3.8, 4) is 0 Å². The van der Waals surface area contributed by atoms with E-state index in [0.717, 1.165) is 32.0 Å². The van der Waals surface area contributed by atoms with E-state index in [1.165, 1.54) is 36.4 Å². The van der Waals surface area contributed by atoms with Crippen molar-refractivity contribution in [1.29, 1.82) is 0 Å². The van der Waals surface area contributed by atoms with Crippen molar-refractivity contribution in [2.45, 2.75) is 76.0 Å². The number of fused-ring (bicyclic) bond motifs is 3. The highest BCUT2D eigenvalue weighted by atomic mass is 79.9. The van der Waals surface area contributed by atoms with Crippen molar-refractivity contribution in [3.05, 3.63) is 122 Å². The predicted molar refractivity (Wildman–Crippen MR) is 247 cm³/mol. The van der Waals surface area contributed by atoms with Crippen LogP contribution in [-0.2, 0) is 56.1 Å². The second-order valence-electron chi connectivity index (χ2n) is 16.4. The summed E-state index contributed by atoms with van der Waals surface area (Å²) in [5.74, 6) is -8.47. The van der Waals surface area contributed by atoms with Crippen molar-refractivity contribution in [1.82, 2.24) is 30.7 Å². The summed E-state index contributed by atoms with van der Waals surface area (Å²) in [5.41, 5.74) is 3.22. The van der Waals surface area contributed by atoms with E-state index < -0.39 is 83.3 Å². The summed E-state index contributed by atoms with van der Waals surface area (Å²) in [5, 5.41) is 31.5. The number of amides is 11. The number of halogens is 1. The average molecular weight is 1050 g/mol. The number of hydrogen-bond acceptors (Lipinski definition) is 14. The van der Waals surface area contributed by atoms with Gasteiger partial charge >= 0.3 is 17.9 Å². The normalized spacial score (nSPS) is 19.9. The first-order valence-corrected chi connectivity index (χ1v) is 22.5. The predicted octanol–water partition coefficient (Wildman–Crippen LogP) is 1.76. The maximum atomic E-state index is 12.5. The lowest BCUT2D eigenvalue weighted by atomic mass is 10.0. The number of aliphatic carboxylic acids is 3. The minimum absolute atomic E-state index is 0.0520. The molecular weight excluding hydrogens is 1010 g/mol. The van der Waals surface area contributed by atoms with Gasteiger partial charge in [-0.3, -0.25) is 83.3 Å². The van der Waals surface area contributed by atoms with Gasteiger partial charge in [0.1, 0.15) is 18.1 Å². The molecule has 3 saturated heterocycles. The Labute approximate surface area is 415 Å². The summed E-state index contributed by atoms with van der Waals surface area (Å²) in [6, 6.07) is 11.8. The number of piperidine rings is 3. The molecule has 6 aliphatic heterocycles. The molecular formula is C48H41BrN6O17. The van der Waals surface area contributed by atoms with Crippen LogP contribution in [0, 0.1) is 0 Å². The van der Waals surface area contributed by atoms with Crippen LogP contribution in [0.3, 0.4) is 0 Å². The number of benzene rings is 3. The van der Waals surface area contributed by atoms with Crippen LogP contribution in [0.15, 0.2) is 77.8 Å². The lowest BCUT2D eigenvalue weighted by Crippen LogP contribution is -2.54. The zero-order valence-corrected chi connectivity index (χ0v) is 39.1. The molecule has 3 atom stereocenters. The molecule has 0 bridgehead atoms. The molecule has 24 heteroatoms. The van der Waals surface area contributed by atoms with Crippen molar-refractivity contribution < 1.29 is 82.4 Å². The Balaban J connectivity index is 0.000000169. The Bertz CT molecular complexity index is 2970. The molecule has 0 spiro atoms. The molecule has 23 nitrogen and oxygen atoms in total. The van der Waals surface area contributed by atoms with Gasteiger partial charge in [-0.2, -0.15) is 0 Å². The van der Waals surface area contributed by atoms with E-state index in [1.54, 1.807) is 17.0 Å². The van der Waals surface area contributed by atoms with Crippen LogP contribution in [0.4, 0.5) is 0 Å². The molecule has 0 radical (unpaired) electrons. The fraction of sp³-hybridized carbons (Fsp3) is 0.250. The van der Waals surface area contributed by atoms with Crippen LogP contribution in [0.25, 0.3) is 6.08 Å². The number of carboxylic acid groups (broad SMARTS) is 3. The third-order valence-electron chi connectivity index (χ3n) is 11.7. The molecule has 9 rings (SSSR count). The second kappa shape index (κ2) is 22.3. The van der Waals surface area contributed by atoms with Crippen molar-refractivity contribution in [3.63, 3.8) is 0 Å². The Hall–Kier alpha value is -8.80. The maximum absolute atomic E-state index is 12.5. The van der Waals surface area contributed by atoms with Gasteiger partial charge in [0, 0.05) is 54.4 Å². The summed E-state index contributed by atoms with van der Waals surface area (Å²) < 4.78 is 0.838. The summed E-state index contributed by atoms with van der Waals surface area (Å²) in [6.45, 7) is 3.38. The molecule has 3 aromatic rings. The highest BCUT2D eigenvalue weighted by molar-refractivity contribution is 9.10. The Morgan fingerprint density at radius 3 is 1.53 bits per heavy atom. The molecule has 372 valence electrons. The second-order valence-corrected chi connectivity index (χ2v) is 17.3. The van der Waals surface area contributed by atoms with Gasteiger partial charge in [-0.05, 0) is 84.8 Å². The zero-order chi connectivity index (χ0) is 52.7. The van der Waals surface area contributed by atoms with Gasteiger partial charge < -0.3 is 20.2 Å². The van der Waals surface area contributed by atoms with Gasteiger partial charge in [-0.25, -0.2) is 9.59 Å². The summed E-state index contributed by atoms with van der Waals surface area (Å²) >= 11 is 3.33. The number of carbonyl (C=O) groups excluding carboxylic acids is 11. The fourth-order valence-corrected chi connectivity index (χ4v) is 8.57. The molecule has 0 saturated carbocycles. The first kappa shape index (κ1) is 52.6. The number of imide groups is 5. The Kier molecular flexibility index (Phi) is 16.3. The summed E-state index contributed by atoms with van der Waals surface area (Å²) in [6.07, 6.45) is 4.18. The molecule has 6 heterocycles. The molecule has 6 aliphatic rings. The van der Waals surface area contributed by atoms with Gasteiger partial charge in [-0.15, -0.1) is 0 Å². The summed E-state index contributed by atoms with van der Waals surface area (Å²) in [4.78, 5) is 165. The molecule has 3 aromatic carbocycles. The van der Waals surface area contributed by atoms with Crippen molar-refractivity contribution in [2.24, 2.45) is 0 Å². The monoisotopic (exact) mass is 1050 g/mol. The van der Waals surface area contributed by atoms with Crippen molar-refractivity contribution in [2.75, 3.05) is 0 Å². The third-order valence-corrected chi connectivity index (χ3v) is 12.2. The highest BCUT2D eigenvalue weighted by Crippen LogP contribution is 2.32. The number of aryl methyl sites for hydroxylation is 1. The first-order chi connectivity index (χ1) is 34.1. The standard InChI is InChI=1S/C16H14N2O6.C16H12N2O6.C13H11BrN2O3.C3H4O2/c2*19-12-5-4-11(14(22)17-12)18-15(23)9-3-1-8(2-6-13(20)21)7-10(9)16(18)24;14-8-2-1-7-6-16(13(19)9(7)5-8)10-3-4-11(17)15-12(10)18;1-2-3(4)5/h1,3,7,11H,2,4-6H2,(H,20,21)(H,17,19,22);1-3,6-7,11H,4-5H2,(H,20,21)(H,17,19,22);1-2,5,10H,3-4,6H2,(H,15,17,18);2H,1H2,(H,4,5)/b;6-2+;;. The van der Waals surface area contributed by atoms with Gasteiger partial charge in [0.25, 0.3) is 29.5 Å². The number of carboxylic acids is 3. The molecule has 72 heavy (non-hydrogen) atoms. The van der Waals surface area contributed by atoms with Crippen LogP contribution >= 0.6 is 15.9 Å². The van der Waals surface area contributed by atoms with E-state index in [4.69, 9.17) is 15.3 Å². The quantitative estimate of drug-likeness (QED) is 0.131. The number of rotatable bonds is 9. The third kappa shape index (κ3) is 11.8. The van der Waals surface area contributed by atoms with Gasteiger partial charge in [0.05, 0.1) is 22.3 Å². The van der Waals surface area contributed by atoms with Crippen LogP contribution in [0.5, 0.6) is 0 Å². The maximum Gasteiger partial charge on any atom is 0.328 e. The number of nitrogens with zero attached hydrogens (tertiary/aromatic N) is 3. The Morgan fingerprint density at radius 2 is 1.06 bits per heavy atom. The minimum Gasteiger partial charge on any atom is -0.481 e. The largest absolute Gasteiger partial charge is 0.481 e. The lowest BCUT2D eigenvalue weighted by molar-refractivity contribution is -0.138. The minimum atomic E-state index is -1.14. The van der Waals surface area contributed by atoms with E-state index in [2.05, 4.69) is 38.5 Å². The number of hydrogen-bond donors (Lipinski definition) is 6. The van der Waals surface area contributed by atoms with Crippen molar-refractivity contribution >= 4 is 105 Å². The van der Waals surface area contributed by atoms with E-state index >= 15 is 0 Å². The molecule has 0 aliphatic carbocycles. The molecule has 3 fully saturated rings. The topological polar surface area (TPSA) is 345 Å². The smallest absolute Gasteiger partial charge is 0.328 e. The lowest BCUT2D eigenvalue weighted by Gasteiger charge is -2.29. The van der Waals surface area contributed by atoms with E-state index in [9.17, 15) is 67.1 Å². The van der Waals surface area contributed by atoms with Crippen LogP contribution in [0.1, 0.15) is 113 Å². The van der Waals surface area contributed by atoms with E-state index in [1.807, 2.05) is 12.1 Å². The van der Waals surface area contributed by atoms with Gasteiger partial charge in [0.2, 0.25) is 35.4 Å². The van der Waals surface area contributed by atoms with Gasteiger partial charge in [0.15, 0.2) is 0 Å². The first-order valence-electron chi connectivity index (χ1n) is 21.7. The molecule has 3 unspecified atom stereocenters. The average Bonchev–Trinajstić information content (AvgIpc) is 3.88. The van der Waals surface area contributed by atoms with E-state index in [-0.39, 0.29) is 84.9 Å². The highest BCUT2D eigenvalue weighted by Gasteiger charge is 2.46. The fourth-order valence-electron chi connectivity index (χ4n) is 8.21. The SMILES string of the molecule is C=CC(=O)O.O=C(O)/C=C/c1ccc2c(c1)C(=O)N(C1CCC(=O)NC1=O)C2=O.O=C(O)CCc1ccc2c(c1)C(=O)N(C1CCC(=O)NC1=O)C2=O.O=C1CCC(N2Cc3ccc(Br)cc3C2=O)C(=O)N1. The van der Waals surface area contributed by atoms with E-state index in [0.29, 0.717) is 29.7 Å². The molecule has 11 amide bonds. The zero-order valence-electron chi connectivity index (χ0n) is 37.5. The molecule has 6 N–H and O–H groups in total. The van der Waals surface area contributed by atoms with Gasteiger partial charge in [-0.1, -0.05) is 40.7 Å². The van der Waals surface area contributed by atoms with Crippen LogP contribution in [0.2, 0.25) is 0 Å². The van der Waals surface area contributed by atoms with Crippen LogP contribution in [-0.4, -0.2) is 131 Å². The Morgan fingerprint density at radius 1 is 0.583 bits per heavy atom. The number of nitrogens with one attached hydrogen (secondary N) is 3. The van der Waals surface area contributed by atoms with Crippen LogP contribution < -0.4 is 16.0 Å². The summed E-state index contributed by atoms with van der Waals surface area (Å²) in [7, 11) is 0. The number of carbonyl (C=O) groups is 14.